The molecule has 0 bridgehead atoms. The number of hydrogen-bond acceptors (Lipinski definition) is 6. The molecule has 0 spiro atoms. The molecular weight excluding hydrogens is 501 g/mol. The van der Waals surface area contributed by atoms with Crippen molar-refractivity contribution >= 4 is 28.5 Å². The summed E-state index contributed by atoms with van der Waals surface area (Å²) in [7, 11) is 2.98. The number of halogens is 1. The predicted molar refractivity (Wildman–Crippen MR) is 146 cm³/mol. The average molecular weight is 534 g/mol. The summed E-state index contributed by atoms with van der Waals surface area (Å²) in [6.07, 6.45) is 0.733. The fourth-order valence-corrected chi connectivity index (χ4v) is 4.33. The Hall–Kier alpha value is -4.47. The van der Waals surface area contributed by atoms with Gasteiger partial charge in [0.2, 0.25) is 11.8 Å². The van der Waals surface area contributed by atoms with Gasteiger partial charge in [-0.2, -0.15) is 0 Å². The van der Waals surface area contributed by atoms with Gasteiger partial charge >= 0.3 is 0 Å². The van der Waals surface area contributed by atoms with Crippen molar-refractivity contribution in [2.24, 2.45) is 5.92 Å². The summed E-state index contributed by atoms with van der Waals surface area (Å²) < 4.78 is 27.7. The van der Waals surface area contributed by atoms with Crippen LogP contribution in [0, 0.1) is 11.7 Å². The number of para-hydroxylation sites is 2. The van der Waals surface area contributed by atoms with Crippen LogP contribution in [-0.4, -0.2) is 47.6 Å². The lowest BCUT2D eigenvalue weighted by atomic mass is 10.0. The molecule has 0 fully saturated rings. The molecule has 3 aromatic carbocycles. The minimum absolute atomic E-state index is 0.0474. The Bertz CT molecular complexity index is 1450. The Morgan fingerprint density at radius 1 is 1.03 bits per heavy atom. The molecule has 4 rings (SSSR count). The van der Waals surface area contributed by atoms with Crippen LogP contribution in [0.1, 0.15) is 31.9 Å². The van der Waals surface area contributed by atoms with Gasteiger partial charge in [0.15, 0.2) is 0 Å². The van der Waals surface area contributed by atoms with Crippen molar-refractivity contribution in [1.82, 2.24) is 20.3 Å². The molecule has 1 aromatic heterocycles. The molecule has 2 amide bonds. The Morgan fingerprint density at radius 3 is 2.49 bits per heavy atom. The highest BCUT2D eigenvalue weighted by Gasteiger charge is 2.36. The third-order valence-electron chi connectivity index (χ3n) is 6.35. The van der Waals surface area contributed by atoms with Gasteiger partial charge in [0.1, 0.15) is 35.4 Å². The number of hydrogen-bond donors (Lipinski definition) is 1. The van der Waals surface area contributed by atoms with Crippen molar-refractivity contribution in [3.8, 4) is 11.5 Å². The number of nitrogens with one attached hydrogen (secondary N) is 1. The highest BCUT2D eigenvalue weighted by atomic mass is 19.1. The number of fused-ring (bicyclic) bond motifs is 1. The van der Waals surface area contributed by atoms with E-state index in [9.17, 15) is 9.59 Å². The lowest BCUT2D eigenvalue weighted by molar-refractivity contribution is -0.127. The van der Waals surface area contributed by atoms with E-state index in [1.807, 2.05) is 26.0 Å². The molecule has 0 aliphatic carbocycles. The van der Waals surface area contributed by atoms with Gasteiger partial charge in [0.25, 0.3) is 0 Å². The first-order valence-corrected chi connectivity index (χ1v) is 12.7. The number of nitrogens with zero attached hydrogens (tertiary/aromatic N) is 4. The first-order valence-electron chi connectivity index (χ1n) is 12.7. The molecule has 1 atom stereocenters. The lowest BCUT2D eigenvalue weighted by Crippen LogP contribution is -2.46. The van der Waals surface area contributed by atoms with Gasteiger partial charge in [-0.25, -0.2) is 9.07 Å². The van der Waals surface area contributed by atoms with Crippen LogP contribution in [0.2, 0.25) is 0 Å². The number of rotatable bonds is 11. The normalized spacial score (nSPS) is 11.8. The van der Waals surface area contributed by atoms with Gasteiger partial charge in [-0.15, -0.1) is 5.10 Å². The predicted octanol–water partition coefficient (Wildman–Crippen LogP) is 4.52. The maximum Gasteiger partial charge on any atom is 0.249 e. The van der Waals surface area contributed by atoms with Gasteiger partial charge in [-0.3, -0.25) is 14.5 Å². The number of anilines is 1. The fraction of sp³-hybridized carbons (Fsp3) is 0.310. The zero-order chi connectivity index (χ0) is 27.9. The van der Waals surface area contributed by atoms with Crippen LogP contribution < -0.4 is 19.7 Å². The van der Waals surface area contributed by atoms with Crippen LogP contribution in [0.4, 0.5) is 10.1 Å². The van der Waals surface area contributed by atoms with Crippen molar-refractivity contribution < 1.29 is 23.5 Å². The summed E-state index contributed by atoms with van der Waals surface area (Å²) in [4.78, 5) is 29.1. The van der Waals surface area contributed by atoms with Gasteiger partial charge in [-0.05, 0) is 48.7 Å². The van der Waals surface area contributed by atoms with Gasteiger partial charge in [0.05, 0.1) is 25.4 Å². The number of amides is 2. The minimum Gasteiger partial charge on any atom is -0.497 e. The van der Waals surface area contributed by atoms with Crippen LogP contribution in [0.5, 0.6) is 11.5 Å². The summed E-state index contributed by atoms with van der Waals surface area (Å²) >= 11 is 0. The maximum atomic E-state index is 15.3. The first kappa shape index (κ1) is 27.6. The van der Waals surface area contributed by atoms with Crippen LogP contribution in [0.15, 0.2) is 66.7 Å². The highest BCUT2D eigenvalue weighted by Crippen LogP contribution is 2.37. The standard InChI is InChI=1S/C29H32FN5O4/c1-19(2)15-16-31-29(37)28(21-14-13-20(38-3)17-26(21)39-4)35(24-11-7-5-9-22(24)30)27(36)18-34-25-12-8-6-10-23(25)32-33-34/h5-14,17,19,28H,15-16,18H2,1-4H3,(H,31,37)/t28-/m0/s1. The monoisotopic (exact) mass is 533 g/mol. The molecule has 39 heavy (non-hydrogen) atoms. The van der Waals surface area contributed by atoms with E-state index in [2.05, 4.69) is 15.6 Å². The van der Waals surface area contributed by atoms with E-state index in [1.54, 1.807) is 36.4 Å². The van der Waals surface area contributed by atoms with Crippen LogP contribution in [-0.2, 0) is 16.1 Å². The summed E-state index contributed by atoms with van der Waals surface area (Å²) in [6, 6.07) is 16.8. The smallest absolute Gasteiger partial charge is 0.249 e. The van der Waals surface area contributed by atoms with Gasteiger partial charge < -0.3 is 14.8 Å². The summed E-state index contributed by atoms with van der Waals surface area (Å²) in [5.41, 5.74) is 1.58. The summed E-state index contributed by atoms with van der Waals surface area (Å²) in [5, 5.41) is 11.2. The lowest BCUT2D eigenvalue weighted by Gasteiger charge is -2.32. The van der Waals surface area contributed by atoms with E-state index in [1.165, 1.54) is 42.0 Å². The molecule has 1 heterocycles. The quantitative estimate of drug-likeness (QED) is 0.304. The van der Waals surface area contributed by atoms with Gasteiger partial charge in [-0.1, -0.05) is 43.3 Å². The van der Waals surface area contributed by atoms with E-state index in [-0.39, 0.29) is 12.2 Å². The van der Waals surface area contributed by atoms with E-state index < -0.39 is 23.7 Å². The molecule has 4 aromatic rings. The first-order chi connectivity index (χ1) is 18.8. The van der Waals surface area contributed by atoms with Crippen LogP contribution in [0.3, 0.4) is 0 Å². The van der Waals surface area contributed by atoms with Crippen molar-refractivity contribution in [3.05, 3.63) is 78.1 Å². The molecule has 0 unspecified atom stereocenters. The minimum atomic E-state index is -1.25. The zero-order valence-corrected chi connectivity index (χ0v) is 22.4. The number of ether oxygens (including phenoxy) is 2. The van der Waals surface area contributed by atoms with E-state index in [4.69, 9.17) is 9.47 Å². The average Bonchev–Trinajstić information content (AvgIpc) is 3.34. The van der Waals surface area contributed by atoms with Crippen molar-refractivity contribution in [2.75, 3.05) is 25.7 Å². The topological polar surface area (TPSA) is 98.6 Å². The molecular formula is C29H32FN5O4. The second-order valence-electron chi connectivity index (χ2n) is 9.43. The van der Waals surface area contributed by atoms with Crippen LogP contribution in [0.25, 0.3) is 11.0 Å². The Labute approximate surface area is 226 Å². The summed E-state index contributed by atoms with van der Waals surface area (Å²) in [6.45, 7) is 4.21. The molecule has 0 aliphatic rings. The molecule has 0 saturated carbocycles. The largest absolute Gasteiger partial charge is 0.497 e. The third-order valence-corrected chi connectivity index (χ3v) is 6.35. The Morgan fingerprint density at radius 2 is 1.77 bits per heavy atom. The second kappa shape index (κ2) is 12.4. The third kappa shape index (κ3) is 6.17. The Kier molecular flexibility index (Phi) is 8.75. The highest BCUT2D eigenvalue weighted by molar-refractivity contribution is 6.02. The van der Waals surface area contributed by atoms with Crippen molar-refractivity contribution in [1.29, 1.82) is 0 Å². The number of carbonyl (C=O) groups excluding carboxylic acids is 2. The van der Waals surface area contributed by atoms with E-state index in [0.717, 1.165) is 6.42 Å². The molecule has 0 saturated heterocycles. The molecule has 10 heteroatoms. The van der Waals surface area contributed by atoms with E-state index in [0.29, 0.717) is 40.6 Å². The van der Waals surface area contributed by atoms with Gasteiger partial charge in [0, 0.05) is 18.2 Å². The molecule has 1 N–H and O–H groups in total. The maximum absolute atomic E-state index is 15.3. The fourth-order valence-electron chi connectivity index (χ4n) is 4.33. The zero-order valence-electron chi connectivity index (χ0n) is 22.4. The molecule has 0 radical (unpaired) electrons. The SMILES string of the molecule is COc1ccc([C@@H](C(=O)NCCC(C)C)N(C(=O)Cn2nnc3ccccc32)c2ccccc2F)c(OC)c1. The molecule has 9 nitrogen and oxygen atoms in total. The number of aromatic nitrogens is 3. The number of benzene rings is 3. The Balaban J connectivity index is 1.84. The molecule has 0 aliphatic heterocycles. The van der Waals surface area contributed by atoms with Crippen LogP contribution >= 0.6 is 0 Å². The summed E-state index contributed by atoms with van der Waals surface area (Å²) in [5.74, 6) is -0.506. The van der Waals surface area contributed by atoms with Crippen molar-refractivity contribution in [2.45, 2.75) is 32.9 Å². The van der Waals surface area contributed by atoms with Crippen molar-refractivity contribution in [3.63, 3.8) is 0 Å². The number of carbonyl (C=O) groups is 2. The molecule has 204 valence electrons. The second-order valence-corrected chi connectivity index (χ2v) is 9.43. The number of methoxy groups -OCH3 is 2. The van der Waals surface area contributed by atoms with E-state index >= 15 is 4.39 Å².